The van der Waals surface area contributed by atoms with Crippen LogP contribution in [-0.4, -0.2) is 19.3 Å². The van der Waals surface area contributed by atoms with Gasteiger partial charge in [0.2, 0.25) is 0 Å². The minimum absolute atomic E-state index is 0.151. The summed E-state index contributed by atoms with van der Waals surface area (Å²) in [5.41, 5.74) is 7.29. The van der Waals surface area contributed by atoms with Crippen molar-refractivity contribution in [2.24, 2.45) is 5.73 Å². The highest BCUT2D eigenvalue weighted by molar-refractivity contribution is 7.99. The quantitative estimate of drug-likeness (QED) is 0.729. The Balaban J connectivity index is 2.54. The van der Waals surface area contributed by atoms with E-state index < -0.39 is 0 Å². The normalized spacial score (nSPS) is 12.7. The van der Waals surface area contributed by atoms with E-state index in [2.05, 4.69) is 36.5 Å². The maximum Gasteiger partial charge on any atom is 0.0307 e. The first-order valence-corrected chi connectivity index (χ1v) is 6.39. The van der Waals surface area contributed by atoms with E-state index in [4.69, 9.17) is 5.73 Å². The van der Waals surface area contributed by atoms with E-state index >= 15 is 0 Å². The first-order valence-electron chi connectivity index (χ1n) is 5.41. The van der Waals surface area contributed by atoms with E-state index in [1.54, 1.807) is 0 Å². The second-order valence-electron chi connectivity index (χ2n) is 3.50. The maximum atomic E-state index is 6.06. The number of nitrogens with one attached hydrogen (secondary N) is 1. The highest BCUT2D eigenvalue weighted by Crippen LogP contribution is 2.20. The molecule has 0 amide bonds. The van der Waals surface area contributed by atoms with E-state index in [9.17, 15) is 0 Å². The Hall–Kier alpha value is -0.510. The number of hydrogen-bond donors (Lipinski definition) is 2. The Bertz CT molecular complexity index is 271. The van der Waals surface area contributed by atoms with Gasteiger partial charge in [0.15, 0.2) is 0 Å². The van der Waals surface area contributed by atoms with Crippen LogP contribution < -0.4 is 11.1 Å². The average Bonchev–Trinajstić information content (AvgIpc) is 2.27. The van der Waals surface area contributed by atoms with Crippen LogP contribution in [0.2, 0.25) is 0 Å². The molecule has 0 aliphatic carbocycles. The van der Waals surface area contributed by atoms with Gasteiger partial charge >= 0.3 is 0 Å². The molecule has 0 aliphatic heterocycles. The lowest BCUT2D eigenvalue weighted by Crippen LogP contribution is -2.17. The molecule has 1 aromatic rings. The van der Waals surface area contributed by atoms with Crippen LogP contribution in [0, 0.1) is 0 Å². The lowest BCUT2D eigenvalue weighted by molar-refractivity contribution is 0.615. The van der Waals surface area contributed by atoms with Crippen LogP contribution in [-0.2, 0) is 0 Å². The largest absolute Gasteiger partial charge is 0.324 e. The van der Waals surface area contributed by atoms with Crippen LogP contribution in [0.15, 0.2) is 29.2 Å². The highest BCUT2D eigenvalue weighted by atomic mass is 32.2. The summed E-state index contributed by atoms with van der Waals surface area (Å²) in [4.78, 5) is 1.32. The van der Waals surface area contributed by atoms with Crippen LogP contribution in [0.4, 0.5) is 0 Å². The summed E-state index contributed by atoms with van der Waals surface area (Å²) in [6.07, 6.45) is 0.983. The molecule has 0 saturated carbocycles. The number of benzene rings is 1. The Morgan fingerprint density at radius 2 is 2.00 bits per heavy atom. The molecule has 0 bridgehead atoms. The van der Waals surface area contributed by atoms with Crippen molar-refractivity contribution < 1.29 is 0 Å². The van der Waals surface area contributed by atoms with Gasteiger partial charge in [0, 0.05) is 10.9 Å². The number of hydrogen-bond acceptors (Lipinski definition) is 3. The SMILES string of the molecule is CCSc1ccc(C(N)CCNC)cc1. The molecule has 3 heteroatoms. The fourth-order valence-corrected chi connectivity index (χ4v) is 2.11. The Kier molecular flexibility index (Phi) is 5.76. The van der Waals surface area contributed by atoms with Crippen molar-refractivity contribution in [2.45, 2.75) is 24.3 Å². The third kappa shape index (κ3) is 4.24. The zero-order valence-corrected chi connectivity index (χ0v) is 10.3. The molecule has 1 unspecified atom stereocenters. The highest BCUT2D eigenvalue weighted by Gasteiger charge is 2.04. The minimum Gasteiger partial charge on any atom is -0.324 e. The molecule has 0 radical (unpaired) electrons. The summed E-state index contributed by atoms with van der Waals surface area (Å²) in [6, 6.07) is 8.74. The summed E-state index contributed by atoms with van der Waals surface area (Å²) in [5, 5.41) is 3.12. The third-order valence-electron chi connectivity index (χ3n) is 2.32. The smallest absolute Gasteiger partial charge is 0.0307 e. The molecule has 0 fully saturated rings. The van der Waals surface area contributed by atoms with Gasteiger partial charge in [-0.1, -0.05) is 19.1 Å². The standard InChI is InChI=1S/C12H20N2S/c1-3-15-11-6-4-10(5-7-11)12(13)8-9-14-2/h4-7,12,14H,3,8-9,13H2,1-2H3. The summed E-state index contributed by atoms with van der Waals surface area (Å²) >= 11 is 1.86. The molecule has 2 nitrogen and oxygen atoms in total. The molecule has 3 N–H and O–H groups in total. The van der Waals surface area contributed by atoms with Crippen LogP contribution in [0.25, 0.3) is 0 Å². The van der Waals surface area contributed by atoms with Gasteiger partial charge in [-0.3, -0.25) is 0 Å². The summed E-state index contributed by atoms with van der Waals surface area (Å²) in [7, 11) is 1.95. The van der Waals surface area contributed by atoms with Crippen LogP contribution >= 0.6 is 11.8 Å². The minimum atomic E-state index is 0.151. The molecular weight excluding hydrogens is 204 g/mol. The molecule has 1 atom stereocenters. The van der Waals surface area contributed by atoms with Crippen LogP contribution in [0.3, 0.4) is 0 Å². The van der Waals surface area contributed by atoms with E-state index in [-0.39, 0.29) is 6.04 Å². The predicted octanol–water partition coefficient (Wildman–Crippen LogP) is 2.41. The Morgan fingerprint density at radius 3 is 2.53 bits per heavy atom. The molecule has 1 rings (SSSR count). The fourth-order valence-electron chi connectivity index (χ4n) is 1.44. The maximum absolute atomic E-state index is 6.06. The topological polar surface area (TPSA) is 38.0 Å². The van der Waals surface area contributed by atoms with Gasteiger partial charge in [0.1, 0.15) is 0 Å². The molecule has 0 spiro atoms. The Morgan fingerprint density at radius 1 is 1.33 bits per heavy atom. The Labute approximate surface area is 96.6 Å². The van der Waals surface area contributed by atoms with Gasteiger partial charge in [0.25, 0.3) is 0 Å². The number of nitrogens with two attached hydrogens (primary N) is 1. The third-order valence-corrected chi connectivity index (χ3v) is 3.22. The predicted molar refractivity (Wildman–Crippen MR) is 68.3 cm³/mol. The van der Waals surface area contributed by atoms with Gasteiger partial charge in [-0.25, -0.2) is 0 Å². The lowest BCUT2D eigenvalue weighted by atomic mass is 10.1. The van der Waals surface area contributed by atoms with E-state index in [0.717, 1.165) is 18.7 Å². The molecule has 0 aliphatic rings. The van der Waals surface area contributed by atoms with Crippen molar-refractivity contribution >= 4 is 11.8 Å². The van der Waals surface area contributed by atoms with Gasteiger partial charge < -0.3 is 11.1 Å². The zero-order chi connectivity index (χ0) is 11.1. The summed E-state index contributed by atoms with van der Waals surface area (Å²) in [6.45, 7) is 3.13. The molecule has 0 aromatic heterocycles. The molecule has 0 heterocycles. The molecule has 0 saturated heterocycles. The average molecular weight is 224 g/mol. The summed E-state index contributed by atoms with van der Waals surface area (Å²) < 4.78 is 0. The fraction of sp³-hybridized carbons (Fsp3) is 0.500. The second kappa shape index (κ2) is 6.88. The summed E-state index contributed by atoms with van der Waals surface area (Å²) in [5.74, 6) is 1.12. The lowest BCUT2D eigenvalue weighted by Gasteiger charge is -2.12. The monoisotopic (exact) mass is 224 g/mol. The molecule has 1 aromatic carbocycles. The van der Waals surface area contributed by atoms with Gasteiger partial charge in [-0.15, -0.1) is 11.8 Å². The van der Waals surface area contributed by atoms with E-state index in [1.165, 1.54) is 10.5 Å². The van der Waals surface area contributed by atoms with Gasteiger partial charge in [-0.2, -0.15) is 0 Å². The van der Waals surface area contributed by atoms with Crippen molar-refractivity contribution in [3.63, 3.8) is 0 Å². The first kappa shape index (κ1) is 12.6. The number of thioether (sulfide) groups is 1. The van der Waals surface area contributed by atoms with Gasteiger partial charge in [0.05, 0.1) is 0 Å². The zero-order valence-electron chi connectivity index (χ0n) is 9.49. The second-order valence-corrected chi connectivity index (χ2v) is 4.84. The van der Waals surface area contributed by atoms with Crippen LogP contribution in [0.5, 0.6) is 0 Å². The molecular formula is C12H20N2S. The molecule has 84 valence electrons. The number of rotatable bonds is 6. The molecule has 15 heavy (non-hydrogen) atoms. The first-order chi connectivity index (χ1) is 7.27. The van der Waals surface area contributed by atoms with Gasteiger partial charge in [-0.05, 0) is 43.5 Å². The van der Waals surface area contributed by atoms with Crippen molar-refractivity contribution in [1.29, 1.82) is 0 Å². The van der Waals surface area contributed by atoms with E-state index in [1.807, 2.05) is 18.8 Å². The van der Waals surface area contributed by atoms with Crippen LogP contribution in [0.1, 0.15) is 24.9 Å². The van der Waals surface area contributed by atoms with E-state index in [0.29, 0.717) is 0 Å². The van der Waals surface area contributed by atoms with Crippen molar-refractivity contribution in [2.75, 3.05) is 19.3 Å². The van der Waals surface area contributed by atoms with Crippen molar-refractivity contribution in [3.05, 3.63) is 29.8 Å². The van der Waals surface area contributed by atoms with Crippen molar-refractivity contribution in [1.82, 2.24) is 5.32 Å². The van der Waals surface area contributed by atoms with Crippen molar-refractivity contribution in [3.8, 4) is 0 Å².